The Hall–Kier alpha value is -1.31. The Morgan fingerprint density at radius 1 is 1.14 bits per heavy atom. The molecule has 1 aromatic rings. The average molecular weight is 284 g/mol. The first kappa shape index (κ1) is 13.4. The highest BCUT2D eigenvalue weighted by atomic mass is 16.4. The Morgan fingerprint density at radius 3 is 2.33 bits per heavy atom. The van der Waals surface area contributed by atoms with Crippen molar-refractivity contribution in [3.05, 3.63) is 35.9 Å². The molecular formula is C19H24O2. The van der Waals surface area contributed by atoms with Gasteiger partial charge in [-0.05, 0) is 66.8 Å². The summed E-state index contributed by atoms with van der Waals surface area (Å²) in [7, 11) is 0. The highest BCUT2D eigenvalue weighted by molar-refractivity contribution is 5.70. The highest BCUT2D eigenvalue weighted by Gasteiger charge is 2.60. The van der Waals surface area contributed by atoms with Crippen LogP contribution in [-0.2, 0) is 10.2 Å². The number of aliphatic carboxylic acids is 1. The van der Waals surface area contributed by atoms with Gasteiger partial charge >= 0.3 is 5.97 Å². The van der Waals surface area contributed by atoms with Crippen LogP contribution in [-0.4, -0.2) is 11.1 Å². The van der Waals surface area contributed by atoms with Crippen molar-refractivity contribution in [2.24, 2.45) is 23.2 Å². The molecule has 4 saturated carbocycles. The van der Waals surface area contributed by atoms with Crippen molar-refractivity contribution in [3.63, 3.8) is 0 Å². The molecule has 0 aliphatic heterocycles. The van der Waals surface area contributed by atoms with Crippen molar-refractivity contribution < 1.29 is 9.90 Å². The lowest BCUT2D eigenvalue weighted by atomic mass is 9.41. The lowest BCUT2D eigenvalue weighted by molar-refractivity contribution is -0.158. The van der Waals surface area contributed by atoms with Crippen LogP contribution in [0.3, 0.4) is 0 Å². The number of benzene rings is 1. The van der Waals surface area contributed by atoms with Gasteiger partial charge in [-0.2, -0.15) is 0 Å². The standard InChI is InChI=1S/C19H24O2/c1-13(17(20)21)18-8-14-7-15(9-18)11-19(10-14,12-18)16-5-3-2-4-6-16/h2-6,13-15H,7-12H2,1H3,(H,20,21). The zero-order chi connectivity index (χ0) is 14.7. The van der Waals surface area contributed by atoms with Crippen LogP contribution < -0.4 is 0 Å². The SMILES string of the molecule is CC(C(=O)O)C12CC3CC(CC(c4ccccc4)(C3)C1)C2. The van der Waals surface area contributed by atoms with Crippen LogP contribution in [0.2, 0.25) is 0 Å². The number of hydrogen-bond donors (Lipinski definition) is 1. The minimum absolute atomic E-state index is 0.0474. The van der Waals surface area contributed by atoms with E-state index in [1.165, 1.54) is 24.8 Å². The largest absolute Gasteiger partial charge is 0.481 e. The summed E-state index contributed by atoms with van der Waals surface area (Å²) in [5.74, 6) is 0.688. The Kier molecular flexibility index (Phi) is 2.76. The molecule has 0 heterocycles. The highest BCUT2D eigenvalue weighted by Crippen LogP contribution is 2.67. The molecule has 4 fully saturated rings. The third-order valence-corrected chi connectivity index (χ3v) is 6.78. The van der Waals surface area contributed by atoms with E-state index in [-0.39, 0.29) is 16.7 Å². The molecule has 0 saturated heterocycles. The Labute approximate surface area is 126 Å². The monoisotopic (exact) mass is 284 g/mol. The molecular weight excluding hydrogens is 260 g/mol. The normalized spacial score (nSPS) is 42.0. The van der Waals surface area contributed by atoms with Crippen LogP contribution in [0.4, 0.5) is 0 Å². The molecule has 5 rings (SSSR count). The van der Waals surface area contributed by atoms with E-state index in [2.05, 4.69) is 30.3 Å². The van der Waals surface area contributed by atoms with E-state index in [9.17, 15) is 9.90 Å². The number of rotatable bonds is 3. The summed E-state index contributed by atoms with van der Waals surface area (Å²) >= 11 is 0. The van der Waals surface area contributed by atoms with E-state index in [0.717, 1.165) is 31.1 Å². The fraction of sp³-hybridized carbons (Fsp3) is 0.632. The van der Waals surface area contributed by atoms with Gasteiger partial charge in [0.15, 0.2) is 0 Å². The second-order valence-corrected chi connectivity index (χ2v) is 8.03. The zero-order valence-corrected chi connectivity index (χ0v) is 12.7. The first-order chi connectivity index (χ1) is 10.0. The van der Waals surface area contributed by atoms with Gasteiger partial charge in [-0.1, -0.05) is 37.3 Å². The predicted octanol–water partition coefficient (Wildman–Crippen LogP) is 4.25. The van der Waals surface area contributed by atoms with Gasteiger partial charge in [0.2, 0.25) is 0 Å². The topological polar surface area (TPSA) is 37.3 Å². The van der Waals surface area contributed by atoms with Gasteiger partial charge < -0.3 is 5.11 Å². The van der Waals surface area contributed by atoms with Crippen LogP contribution >= 0.6 is 0 Å². The summed E-state index contributed by atoms with van der Waals surface area (Å²) in [6.45, 7) is 1.95. The van der Waals surface area contributed by atoms with Crippen LogP contribution in [0.25, 0.3) is 0 Å². The zero-order valence-electron chi connectivity index (χ0n) is 12.7. The average Bonchev–Trinajstić information content (AvgIpc) is 2.46. The second-order valence-electron chi connectivity index (χ2n) is 8.03. The van der Waals surface area contributed by atoms with Crippen molar-refractivity contribution in [1.29, 1.82) is 0 Å². The van der Waals surface area contributed by atoms with E-state index in [4.69, 9.17) is 0 Å². The van der Waals surface area contributed by atoms with E-state index in [1.807, 2.05) is 6.92 Å². The smallest absolute Gasteiger partial charge is 0.306 e. The molecule has 4 aliphatic carbocycles. The van der Waals surface area contributed by atoms with Gasteiger partial charge in [0, 0.05) is 0 Å². The van der Waals surface area contributed by atoms with Crippen LogP contribution in [0.5, 0.6) is 0 Å². The third-order valence-electron chi connectivity index (χ3n) is 6.78. The first-order valence-corrected chi connectivity index (χ1v) is 8.31. The molecule has 4 aliphatic rings. The second kappa shape index (κ2) is 4.34. The number of hydrogen-bond acceptors (Lipinski definition) is 1. The number of carboxylic acid groups (broad SMARTS) is 1. The van der Waals surface area contributed by atoms with E-state index in [0.29, 0.717) is 0 Å². The minimum atomic E-state index is -0.597. The molecule has 0 amide bonds. The molecule has 2 nitrogen and oxygen atoms in total. The quantitative estimate of drug-likeness (QED) is 0.901. The molecule has 1 aromatic carbocycles. The predicted molar refractivity (Wildman–Crippen MR) is 82.0 cm³/mol. The van der Waals surface area contributed by atoms with Gasteiger partial charge in [-0.3, -0.25) is 4.79 Å². The third kappa shape index (κ3) is 1.88. The molecule has 0 spiro atoms. The maximum Gasteiger partial charge on any atom is 0.306 e. The van der Waals surface area contributed by atoms with Gasteiger partial charge in [-0.25, -0.2) is 0 Å². The molecule has 4 bridgehead atoms. The van der Waals surface area contributed by atoms with E-state index >= 15 is 0 Å². The lowest BCUT2D eigenvalue weighted by Gasteiger charge is -2.63. The molecule has 3 atom stereocenters. The van der Waals surface area contributed by atoms with Crippen LogP contribution in [0.15, 0.2) is 30.3 Å². The Morgan fingerprint density at radius 2 is 1.76 bits per heavy atom. The maximum atomic E-state index is 11.7. The molecule has 0 aromatic heterocycles. The molecule has 3 unspecified atom stereocenters. The Bertz CT molecular complexity index is 548. The maximum absolute atomic E-state index is 11.7. The molecule has 1 N–H and O–H groups in total. The van der Waals surface area contributed by atoms with Gasteiger partial charge in [0.1, 0.15) is 0 Å². The summed E-state index contributed by atoms with van der Waals surface area (Å²) in [5.41, 5.74) is 1.77. The van der Waals surface area contributed by atoms with Crippen molar-refractivity contribution in [2.45, 2.75) is 50.9 Å². The Balaban J connectivity index is 1.77. The summed E-state index contributed by atoms with van der Waals surface area (Å²) in [4.78, 5) is 11.7. The van der Waals surface area contributed by atoms with Crippen molar-refractivity contribution in [3.8, 4) is 0 Å². The van der Waals surface area contributed by atoms with Gasteiger partial charge in [-0.15, -0.1) is 0 Å². The number of carboxylic acids is 1. The van der Waals surface area contributed by atoms with Crippen molar-refractivity contribution in [2.75, 3.05) is 0 Å². The summed E-state index contributed by atoms with van der Waals surface area (Å²) in [6, 6.07) is 10.9. The van der Waals surface area contributed by atoms with E-state index < -0.39 is 5.97 Å². The fourth-order valence-corrected chi connectivity index (χ4v) is 6.23. The summed E-state index contributed by atoms with van der Waals surface area (Å²) in [6.07, 6.45) is 7.27. The molecule has 112 valence electrons. The van der Waals surface area contributed by atoms with Crippen LogP contribution in [0.1, 0.15) is 51.0 Å². The fourth-order valence-electron chi connectivity index (χ4n) is 6.23. The van der Waals surface area contributed by atoms with Crippen LogP contribution in [0, 0.1) is 23.2 Å². The van der Waals surface area contributed by atoms with E-state index in [1.54, 1.807) is 0 Å². The first-order valence-electron chi connectivity index (χ1n) is 8.31. The van der Waals surface area contributed by atoms with Crippen molar-refractivity contribution in [1.82, 2.24) is 0 Å². The molecule has 0 radical (unpaired) electrons. The number of carbonyl (C=O) groups is 1. The summed E-state index contributed by atoms with van der Waals surface area (Å²) in [5, 5.41) is 9.60. The summed E-state index contributed by atoms with van der Waals surface area (Å²) < 4.78 is 0. The van der Waals surface area contributed by atoms with Gasteiger partial charge in [0.05, 0.1) is 5.92 Å². The van der Waals surface area contributed by atoms with Crippen molar-refractivity contribution >= 4 is 5.97 Å². The molecule has 21 heavy (non-hydrogen) atoms. The minimum Gasteiger partial charge on any atom is -0.481 e. The van der Waals surface area contributed by atoms with Gasteiger partial charge in [0.25, 0.3) is 0 Å². The lowest BCUT2D eigenvalue weighted by Crippen LogP contribution is -2.57. The molecule has 2 heteroatoms.